The first-order chi connectivity index (χ1) is 6.76. The molecule has 1 saturated heterocycles. The van der Waals surface area contributed by atoms with Crippen molar-refractivity contribution in [2.75, 3.05) is 19.8 Å². The van der Waals surface area contributed by atoms with Gasteiger partial charge in [0.05, 0.1) is 18.8 Å². The molecule has 2 aliphatic heterocycles. The van der Waals surface area contributed by atoms with E-state index >= 15 is 0 Å². The molecule has 14 heavy (non-hydrogen) atoms. The van der Waals surface area contributed by atoms with Crippen LogP contribution < -0.4 is 5.32 Å². The largest absolute Gasteiger partial charge is 0.387 e. The van der Waals surface area contributed by atoms with Crippen LogP contribution in [-0.2, 0) is 4.74 Å². The van der Waals surface area contributed by atoms with Crippen LogP contribution >= 0.6 is 0 Å². The molecule has 0 amide bonds. The third kappa shape index (κ3) is 1.57. The Morgan fingerprint density at radius 1 is 1.64 bits per heavy atom. The molecule has 0 unspecified atom stereocenters. The number of rotatable bonds is 1. The molecule has 0 aliphatic carbocycles. The van der Waals surface area contributed by atoms with E-state index in [4.69, 9.17) is 4.74 Å². The maximum absolute atomic E-state index is 10.4. The summed E-state index contributed by atoms with van der Waals surface area (Å²) in [7, 11) is 0. The SMILES string of the molecule is CC[C@@]1(O)CCOCC2=CNCC=C21. The Hall–Kier alpha value is -0.800. The van der Waals surface area contributed by atoms with Gasteiger partial charge in [0.15, 0.2) is 0 Å². The molecule has 78 valence electrons. The van der Waals surface area contributed by atoms with Gasteiger partial charge in [0, 0.05) is 19.2 Å². The summed E-state index contributed by atoms with van der Waals surface area (Å²) in [6.07, 6.45) is 5.49. The highest BCUT2D eigenvalue weighted by atomic mass is 16.5. The zero-order valence-electron chi connectivity index (χ0n) is 8.55. The molecule has 2 rings (SSSR count). The first-order valence-corrected chi connectivity index (χ1v) is 5.20. The molecule has 3 heteroatoms. The van der Waals surface area contributed by atoms with Crippen molar-refractivity contribution in [1.82, 2.24) is 5.32 Å². The summed E-state index contributed by atoms with van der Waals surface area (Å²) in [5.41, 5.74) is 1.49. The van der Waals surface area contributed by atoms with Gasteiger partial charge in [-0.1, -0.05) is 13.0 Å². The molecule has 0 bridgehead atoms. The normalized spacial score (nSPS) is 32.1. The van der Waals surface area contributed by atoms with Crippen LogP contribution in [0.4, 0.5) is 0 Å². The summed E-state index contributed by atoms with van der Waals surface area (Å²) in [5.74, 6) is 0. The number of hydrogen-bond donors (Lipinski definition) is 2. The maximum Gasteiger partial charge on any atom is 0.0917 e. The van der Waals surface area contributed by atoms with Crippen molar-refractivity contribution in [1.29, 1.82) is 0 Å². The molecule has 1 atom stereocenters. The van der Waals surface area contributed by atoms with Crippen molar-refractivity contribution in [3.8, 4) is 0 Å². The second-order valence-electron chi connectivity index (χ2n) is 3.88. The number of dihydropyridines is 1. The molecule has 0 spiro atoms. The minimum Gasteiger partial charge on any atom is -0.387 e. The van der Waals surface area contributed by atoms with Crippen molar-refractivity contribution < 1.29 is 9.84 Å². The van der Waals surface area contributed by atoms with Crippen molar-refractivity contribution >= 4 is 0 Å². The van der Waals surface area contributed by atoms with Gasteiger partial charge in [0.25, 0.3) is 0 Å². The average molecular weight is 195 g/mol. The lowest BCUT2D eigenvalue weighted by molar-refractivity contribution is 0.0462. The second kappa shape index (κ2) is 3.75. The van der Waals surface area contributed by atoms with E-state index in [9.17, 15) is 5.11 Å². The Kier molecular flexibility index (Phi) is 2.61. The number of fused-ring (bicyclic) bond motifs is 1. The smallest absolute Gasteiger partial charge is 0.0917 e. The minimum atomic E-state index is -0.676. The zero-order chi connectivity index (χ0) is 10.0. The highest BCUT2D eigenvalue weighted by Crippen LogP contribution is 2.33. The Labute approximate surface area is 84.5 Å². The van der Waals surface area contributed by atoms with Gasteiger partial charge in [-0.3, -0.25) is 0 Å². The fourth-order valence-electron chi connectivity index (χ4n) is 2.09. The maximum atomic E-state index is 10.4. The average Bonchev–Trinajstić information content (AvgIpc) is 2.40. The van der Waals surface area contributed by atoms with E-state index in [0.717, 1.165) is 24.1 Å². The van der Waals surface area contributed by atoms with Gasteiger partial charge in [-0.15, -0.1) is 0 Å². The minimum absolute atomic E-state index is 0.612. The van der Waals surface area contributed by atoms with Crippen molar-refractivity contribution in [2.45, 2.75) is 25.4 Å². The molecule has 3 nitrogen and oxygen atoms in total. The third-order valence-corrected chi connectivity index (χ3v) is 3.05. The molecular formula is C11H17NO2. The van der Waals surface area contributed by atoms with Crippen LogP contribution in [0, 0.1) is 0 Å². The quantitative estimate of drug-likeness (QED) is 0.655. The van der Waals surface area contributed by atoms with E-state index < -0.39 is 5.60 Å². The molecular weight excluding hydrogens is 178 g/mol. The van der Waals surface area contributed by atoms with Gasteiger partial charge in [-0.05, 0) is 17.6 Å². The molecule has 0 saturated carbocycles. The van der Waals surface area contributed by atoms with E-state index in [1.165, 1.54) is 0 Å². The van der Waals surface area contributed by atoms with Gasteiger partial charge < -0.3 is 15.2 Å². The highest BCUT2D eigenvalue weighted by molar-refractivity contribution is 5.41. The van der Waals surface area contributed by atoms with Crippen molar-refractivity contribution in [2.24, 2.45) is 0 Å². The monoisotopic (exact) mass is 195 g/mol. The van der Waals surface area contributed by atoms with Crippen LogP contribution in [0.25, 0.3) is 0 Å². The fraction of sp³-hybridized carbons (Fsp3) is 0.636. The van der Waals surface area contributed by atoms with Crippen LogP contribution in [0.1, 0.15) is 19.8 Å². The first-order valence-electron chi connectivity index (χ1n) is 5.20. The predicted molar refractivity (Wildman–Crippen MR) is 54.8 cm³/mol. The molecule has 2 heterocycles. The summed E-state index contributed by atoms with van der Waals surface area (Å²) >= 11 is 0. The highest BCUT2D eigenvalue weighted by Gasteiger charge is 2.34. The lowest BCUT2D eigenvalue weighted by Gasteiger charge is -2.30. The number of nitrogens with one attached hydrogen (secondary N) is 1. The van der Waals surface area contributed by atoms with Gasteiger partial charge in [-0.25, -0.2) is 0 Å². The first kappa shape index (κ1) is 9.74. The summed E-state index contributed by atoms with van der Waals surface area (Å²) in [6, 6.07) is 0. The standard InChI is InChI=1S/C11H17NO2/c1-2-11(13)4-6-14-8-9-7-12-5-3-10(9)11/h3,7,12-13H,2,4-6,8H2,1H3/t11-/m1/s1. The molecule has 0 aromatic carbocycles. The molecule has 0 aromatic heterocycles. The lowest BCUT2D eigenvalue weighted by atomic mass is 9.83. The van der Waals surface area contributed by atoms with Crippen LogP contribution in [0.5, 0.6) is 0 Å². The molecule has 0 aromatic rings. The lowest BCUT2D eigenvalue weighted by Crippen LogP contribution is -2.33. The summed E-state index contributed by atoms with van der Waals surface area (Å²) in [6.45, 7) is 4.08. The topological polar surface area (TPSA) is 41.5 Å². The van der Waals surface area contributed by atoms with Crippen LogP contribution in [0.3, 0.4) is 0 Å². The van der Waals surface area contributed by atoms with E-state index in [-0.39, 0.29) is 0 Å². The Morgan fingerprint density at radius 2 is 2.50 bits per heavy atom. The van der Waals surface area contributed by atoms with E-state index in [1.54, 1.807) is 0 Å². The summed E-state index contributed by atoms with van der Waals surface area (Å²) < 4.78 is 5.45. The zero-order valence-corrected chi connectivity index (χ0v) is 8.55. The Bertz CT molecular complexity index is 283. The van der Waals surface area contributed by atoms with Gasteiger partial charge >= 0.3 is 0 Å². The molecule has 2 aliphatic rings. The van der Waals surface area contributed by atoms with Gasteiger partial charge in [0.2, 0.25) is 0 Å². The summed E-state index contributed by atoms with van der Waals surface area (Å²) in [5, 5.41) is 13.6. The third-order valence-electron chi connectivity index (χ3n) is 3.05. The van der Waals surface area contributed by atoms with Gasteiger partial charge in [0.1, 0.15) is 0 Å². The van der Waals surface area contributed by atoms with Crippen LogP contribution in [0.15, 0.2) is 23.4 Å². The Morgan fingerprint density at radius 3 is 3.29 bits per heavy atom. The van der Waals surface area contributed by atoms with Crippen molar-refractivity contribution in [3.05, 3.63) is 23.4 Å². The van der Waals surface area contributed by atoms with E-state index in [2.05, 4.69) is 11.4 Å². The summed E-state index contributed by atoms with van der Waals surface area (Å²) in [4.78, 5) is 0. The van der Waals surface area contributed by atoms with Gasteiger partial charge in [-0.2, -0.15) is 0 Å². The van der Waals surface area contributed by atoms with E-state index in [0.29, 0.717) is 19.6 Å². The van der Waals surface area contributed by atoms with E-state index in [1.807, 2.05) is 13.1 Å². The van der Waals surface area contributed by atoms with Crippen molar-refractivity contribution in [3.63, 3.8) is 0 Å². The number of aliphatic hydroxyl groups is 1. The van der Waals surface area contributed by atoms with Crippen LogP contribution in [0.2, 0.25) is 0 Å². The number of hydrogen-bond acceptors (Lipinski definition) is 3. The predicted octanol–water partition coefficient (Wildman–Crippen LogP) is 0.961. The molecule has 1 fully saturated rings. The Balaban J connectivity index is 2.33. The number of ether oxygens (including phenoxy) is 1. The molecule has 2 N–H and O–H groups in total. The molecule has 0 radical (unpaired) electrons. The second-order valence-corrected chi connectivity index (χ2v) is 3.88. The fourth-order valence-corrected chi connectivity index (χ4v) is 2.09. The van der Waals surface area contributed by atoms with Crippen LogP contribution in [-0.4, -0.2) is 30.5 Å².